The maximum absolute atomic E-state index is 4.56. The smallest absolute Gasteiger partial charge is 0.0925 e. The van der Waals surface area contributed by atoms with Crippen LogP contribution in [-0.2, 0) is 13.0 Å². The Labute approximate surface area is 124 Å². The molecule has 0 amide bonds. The van der Waals surface area contributed by atoms with Gasteiger partial charge in [0.25, 0.3) is 0 Å². The number of H-pyrrole nitrogens is 1. The molecule has 0 spiro atoms. The third-order valence-electron chi connectivity index (χ3n) is 3.84. The van der Waals surface area contributed by atoms with Gasteiger partial charge in [-0.1, -0.05) is 6.07 Å². The number of nitrogens with one attached hydrogen (secondary N) is 1. The maximum atomic E-state index is 4.56. The molecule has 2 aromatic heterocycles. The van der Waals surface area contributed by atoms with Crippen LogP contribution in [0.3, 0.4) is 0 Å². The zero-order valence-corrected chi connectivity index (χ0v) is 12.6. The van der Waals surface area contributed by atoms with Crippen molar-refractivity contribution in [2.45, 2.75) is 25.4 Å². The van der Waals surface area contributed by atoms with E-state index >= 15 is 0 Å². The summed E-state index contributed by atoms with van der Waals surface area (Å²) in [5.41, 5.74) is 3.69. The number of pyridine rings is 1. The molecule has 1 aliphatic rings. The summed E-state index contributed by atoms with van der Waals surface area (Å²) >= 11 is 1.90. The number of imidazole rings is 1. The molecule has 20 heavy (non-hydrogen) atoms. The Kier molecular flexibility index (Phi) is 4.38. The van der Waals surface area contributed by atoms with E-state index in [0.717, 1.165) is 37.4 Å². The van der Waals surface area contributed by atoms with Crippen LogP contribution in [0, 0.1) is 0 Å². The van der Waals surface area contributed by atoms with Crippen LogP contribution in [0.25, 0.3) is 0 Å². The standard InChI is InChI=1S/C15H20N4S/c1-20-9-6-14-15-13(17-11-18-15)5-8-19(14)10-12-4-2-3-7-16-12/h2-4,7,11,14H,5-6,8-10H2,1H3,(H,17,18)/t14-/m1/s1. The van der Waals surface area contributed by atoms with Crippen molar-refractivity contribution in [3.63, 3.8) is 0 Å². The highest BCUT2D eigenvalue weighted by atomic mass is 32.2. The Bertz CT molecular complexity index is 540. The van der Waals surface area contributed by atoms with E-state index in [-0.39, 0.29) is 0 Å². The van der Waals surface area contributed by atoms with Crippen LogP contribution in [-0.4, -0.2) is 38.4 Å². The first-order chi connectivity index (χ1) is 9.88. The highest BCUT2D eigenvalue weighted by Crippen LogP contribution is 2.31. The first-order valence-electron chi connectivity index (χ1n) is 7.03. The Hall–Kier alpha value is -1.33. The summed E-state index contributed by atoms with van der Waals surface area (Å²) in [7, 11) is 0. The molecular formula is C15H20N4S. The first kappa shape index (κ1) is 13.6. The van der Waals surface area contributed by atoms with Crippen LogP contribution in [0.4, 0.5) is 0 Å². The molecule has 0 aliphatic carbocycles. The van der Waals surface area contributed by atoms with Crippen LogP contribution in [0.2, 0.25) is 0 Å². The second-order valence-electron chi connectivity index (χ2n) is 5.11. The summed E-state index contributed by atoms with van der Waals surface area (Å²) in [6, 6.07) is 6.55. The van der Waals surface area contributed by atoms with E-state index in [1.807, 2.05) is 30.4 Å². The van der Waals surface area contributed by atoms with Gasteiger partial charge in [-0.15, -0.1) is 0 Å². The van der Waals surface area contributed by atoms with E-state index < -0.39 is 0 Å². The number of fused-ring (bicyclic) bond motifs is 1. The molecule has 2 aromatic rings. The van der Waals surface area contributed by atoms with Gasteiger partial charge in [0.15, 0.2) is 0 Å². The fourth-order valence-corrected chi connectivity index (χ4v) is 3.30. The SMILES string of the molecule is CSCC[C@@H]1c2nc[nH]c2CCN1Cc1ccccn1. The number of thioether (sulfide) groups is 1. The molecule has 3 rings (SSSR count). The van der Waals surface area contributed by atoms with Gasteiger partial charge in [0.05, 0.1) is 23.8 Å². The third kappa shape index (κ3) is 2.88. The van der Waals surface area contributed by atoms with Gasteiger partial charge in [-0.2, -0.15) is 11.8 Å². The summed E-state index contributed by atoms with van der Waals surface area (Å²) in [6.07, 6.45) is 8.07. The number of nitrogens with zero attached hydrogens (tertiary/aromatic N) is 3. The highest BCUT2D eigenvalue weighted by Gasteiger charge is 2.29. The van der Waals surface area contributed by atoms with Gasteiger partial charge in [0.2, 0.25) is 0 Å². The van der Waals surface area contributed by atoms with Gasteiger partial charge in [0, 0.05) is 31.4 Å². The fourth-order valence-electron chi connectivity index (χ4n) is 2.84. The van der Waals surface area contributed by atoms with E-state index in [4.69, 9.17) is 0 Å². The van der Waals surface area contributed by atoms with Crippen molar-refractivity contribution in [2.75, 3.05) is 18.6 Å². The Balaban J connectivity index is 1.79. The second-order valence-corrected chi connectivity index (χ2v) is 6.09. The summed E-state index contributed by atoms with van der Waals surface area (Å²) < 4.78 is 0. The van der Waals surface area contributed by atoms with Crippen LogP contribution in [0.15, 0.2) is 30.7 Å². The quantitative estimate of drug-likeness (QED) is 0.918. The summed E-state index contributed by atoms with van der Waals surface area (Å²) in [6.45, 7) is 1.98. The molecule has 3 heterocycles. The fraction of sp³-hybridized carbons (Fsp3) is 0.467. The Morgan fingerprint density at radius 1 is 1.40 bits per heavy atom. The number of aromatic amines is 1. The van der Waals surface area contributed by atoms with Crippen molar-refractivity contribution in [1.82, 2.24) is 19.9 Å². The monoisotopic (exact) mass is 288 g/mol. The molecule has 0 bridgehead atoms. The van der Waals surface area contributed by atoms with Crippen LogP contribution in [0.1, 0.15) is 29.5 Å². The van der Waals surface area contributed by atoms with Gasteiger partial charge in [-0.25, -0.2) is 4.98 Å². The molecule has 1 N–H and O–H groups in total. The minimum absolute atomic E-state index is 0.416. The minimum atomic E-state index is 0.416. The molecule has 0 fully saturated rings. The minimum Gasteiger partial charge on any atom is -0.348 e. The molecular weight excluding hydrogens is 268 g/mol. The largest absolute Gasteiger partial charge is 0.348 e. The number of hydrogen-bond donors (Lipinski definition) is 1. The van der Waals surface area contributed by atoms with Crippen molar-refractivity contribution >= 4 is 11.8 Å². The molecule has 0 aromatic carbocycles. The highest BCUT2D eigenvalue weighted by molar-refractivity contribution is 7.98. The summed E-state index contributed by atoms with van der Waals surface area (Å²) in [5.74, 6) is 1.16. The van der Waals surface area contributed by atoms with Crippen LogP contribution >= 0.6 is 11.8 Å². The van der Waals surface area contributed by atoms with Gasteiger partial charge in [-0.3, -0.25) is 9.88 Å². The molecule has 5 heteroatoms. The van der Waals surface area contributed by atoms with E-state index in [2.05, 4.69) is 38.2 Å². The zero-order chi connectivity index (χ0) is 13.8. The van der Waals surface area contributed by atoms with Gasteiger partial charge in [-0.05, 0) is 30.6 Å². The van der Waals surface area contributed by atoms with Crippen molar-refractivity contribution in [3.8, 4) is 0 Å². The lowest BCUT2D eigenvalue weighted by Gasteiger charge is -2.34. The van der Waals surface area contributed by atoms with Crippen molar-refractivity contribution < 1.29 is 0 Å². The topological polar surface area (TPSA) is 44.8 Å². The average Bonchev–Trinajstić information content (AvgIpc) is 2.96. The van der Waals surface area contributed by atoms with E-state index in [0.29, 0.717) is 6.04 Å². The van der Waals surface area contributed by atoms with Gasteiger partial charge < -0.3 is 4.98 Å². The van der Waals surface area contributed by atoms with E-state index in [9.17, 15) is 0 Å². The number of hydrogen-bond acceptors (Lipinski definition) is 4. The molecule has 1 atom stereocenters. The van der Waals surface area contributed by atoms with Gasteiger partial charge in [0.1, 0.15) is 0 Å². The summed E-state index contributed by atoms with van der Waals surface area (Å²) in [4.78, 5) is 14.8. The van der Waals surface area contributed by atoms with Crippen LogP contribution in [0.5, 0.6) is 0 Å². The second kappa shape index (κ2) is 6.41. The predicted octanol–water partition coefficient (Wildman–Crippen LogP) is 2.66. The predicted molar refractivity (Wildman–Crippen MR) is 82.7 cm³/mol. The first-order valence-corrected chi connectivity index (χ1v) is 8.43. The lowest BCUT2D eigenvalue weighted by atomic mass is 10.0. The zero-order valence-electron chi connectivity index (χ0n) is 11.7. The number of aromatic nitrogens is 3. The molecule has 1 aliphatic heterocycles. The molecule has 106 valence electrons. The molecule has 0 unspecified atom stereocenters. The lowest BCUT2D eigenvalue weighted by Crippen LogP contribution is -2.35. The van der Waals surface area contributed by atoms with E-state index in [1.165, 1.54) is 11.4 Å². The molecule has 0 radical (unpaired) electrons. The Morgan fingerprint density at radius 3 is 3.15 bits per heavy atom. The Morgan fingerprint density at radius 2 is 2.35 bits per heavy atom. The lowest BCUT2D eigenvalue weighted by molar-refractivity contribution is 0.166. The summed E-state index contributed by atoms with van der Waals surface area (Å²) in [5, 5.41) is 0. The van der Waals surface area contributed by atoms with Crippen molar-refractivity contribution in [1.29, 1.82) is 0 Å². The number of rotatable bonds is 5. The average molecular weight is 288 g/mol. The van der Waals surface area contributed by atoms with Gasteiger partial charge >= 0.3 is 0 Å². The third-order valence-corrected chi connectivity index (χ3v) is 4.49. The van der Waals surface area contributed by atoms with Crippen molar-refractivity contribution in [3.05, 3.63) is 47.8 Å². The molecule has 4 nitrogen and oxygen atoms in total. The van der Waals surface area contributed by atoms with Crippen LogP contribution < -0.4 is 0 Å². The van der Waals surface area contributed by atoms with Crippen molar-refractivity contribution in [2.24, 2.45) is 0 Å². The molecule has 0 saturated heterocycles. The molecule has 0 saturated carbocycles. The van der Waals surface area contributed by atoms with E-state index in [1.54, 1.807) is 0 Å². The normalized spacial score (nSPS) is 18.9. The maximum Gasteiger partial charge on any atom is 0.0925 e.